The normalized spacial score (nSPS) is 17.3. The van der Waals surface area contributed by atoms with E-state index >= 15 is 0 Å². The molecule has 0 aromatic rings. The highest BCUT2D eigenvalue weighted by atomic mass is 32.2. The van der Waals surface area contributed by atoms with E-state index in [1.807, 2.05) is 6.92 Å². The van der Waals surface area contributed by atoms with Crippen molar-refractivity contribution in [3.05, 3.63) is 0 Å². The lowest BCUT2D eigenvalue weighted by Gasteiger charge is -2.34. The van der Waals surface area contributed by atoms with E-state index in [4.69, 9.17) is 9.47 Å². The van der Waals surface area contributed by atoms with E-state index in [-0.39, 0.29) is 5.75 Å². The summed E-state index contributed by atoms with van der Waals surface area (Å²) in [4.78, 5) is 6.80. The molecule has 0 radical (unpaired) electrons. The molecule has 0 aliphatic carbocycles. The molecule has 0 bridgehead atoms. The second-order valence-corrected chi connectivity index (χ2v) is 8.38. The molecule has 24 heavy (non-hydrogen) atoms. The molecular formula is C16H33N3O4S. The molecule has 1 rings (SSSR count). The van der Waals surface area contributed by atoms with E-state index in [9.17, 15) is 8.42 Å². The van der Waals surface area contributed by atoms with Gasteiger partial charge in [-0.1, -0.05) is 0 Å². The van der Waals surface area contributed by atoms with Crippen molar-refractivity contribution in [2.24, 2.45) is 4.99 Å². The van der Waals surface area contributed by atoms with Gasteiger partial charge in [-0.25, -0.2) is 8.42 Å². The maximum Gasteiger partial charge on any atom is 0.193 e. The van der Waals surface area contributed by atoms with Crippen LogP contribution in [-0.2, 0) is 19.3 Å². The zero-order chi connectivity index (χ0) is 17.8. The molecule has 1 N–H and O–H groups in total. The van der Waals surface area contributed by atoms with Crippen molar-refractivity contribution >= 4 is 15.8 Å². The van der Waals surface area contributed by atoms with Crippen LogP contribution in [0.1, 0.15) is 32.6 Å². The minimum atomic E-state index is -2.91. The zero-order valence-electron chi connectivity index (χ0n) is 15.3. The van der Waals surface area contributed by atoms with Crippen molar-refractivity contribution in [3.63, 3.8) is 0 Å². The molecule has 7 nitrogen and oxygen atoms in total. The molecule has 0 saturated carbocycles. The number of sulfone groups is 1. The van der Waals surface area contributed by atoms with Crippen LogP contribution in [0.2, 0.25) is 0 Å². The van der Waals surface area contributed by atoms with Crippen molar-refractivity contribution in [1.29, 1.82) is 0 Å². The summed E-state index contributed by atoms with van der Waals surface area (Å²) in [5.41, 5.74) is 0. The third-order valence-corrected chi connectivity index (χ3v) is 4.89. The van der Waals surface area contributed by atoms with Crippen LogP contribution in [0.25, 0.3) is 0 Å². The minimum absolute atomic E-state index is 0.188. The zero-order valence-corrected chi connectivity index (χ0v) is 16.1. The Morgan fingerprint density at radius 2 is 1.96 bits per heavy atom. The number of guanidine groups is 1. The predicted octanol–water partition coefficient (Wildman–Crippen LogP) is 0.904. The average molecular weight is 364 g/mol. The van der Waals surface area contributed by atoms with Crippen LogP contribution in [0.15, 0.2) is 4.99 Å². The van der Waals surface area contributed by atoms with E-state index in [2.05, 4.69) is 15.2 Å². The van der Waals surface area contributed by atoms with E-state index < -0.39 is 9.84 Å². The third kappa shape index (κ3) is 9.44. The quantitative estimate of drug-likeness (QED) is 0.353. The molecule has 0 atom stereocenters. The van der Waals surface area contributed by atoms with Crippen LogP contribution in [0, 0.1) is 0 Å². The van der Waals surface area contributed by atoms with Crippen LogP contribution in [0.4, 0.5) is 0 Å². The molecule has 0 aromatic carbocycles. The summed E-state index contributed by atoms with van der Waals surface area (Å²) in [7, 11) is -1.20. The summed E-state index contributed by atoms with van der Waals surface area (Å²) in [6, 6.07) is 0. The van der Waals surface area contributed by atoms with Crippen LogP contribution in [0.5, 0.6) is 0 Å². The predicted molar refractivity (Wildman–Crippen MR) is 97.3 cm³/mol. The van der Waals surface area contributed by atoms with Crippen LogP contribution >= 0.6 is 0 Å². The standard InChI is InChI=1S/C16H33N3O4S/c1-4-17-16(18-9-5-14-24(3,20)21)19-10-7-15(8-11-19)23-13-6-12-22-2/h15H,4-14H2,1-3H3,(H,17,18). The molecule has 0 aromatic heterocycles. The maximum absolute atomic E-state index is 11.2. The number of hydrogen-bond acceptors (Lipinski definition) is 5. The number of likely N-dealkylation sites (tertiary alicyclic amines) is 1. The second kappa shape index (κ2) is 11.7. The molecule has 0 amide bonds. The summed E-state index contributed by atoms with van der Waals surface area (Å²) < 4.78 is 33.2. The molecule has 1 aliphatic heterocycles. The third-order valence-electron chi connectivity index (χ3n) is 3.86. The number of methoxy groups -OCH3 is 1. The first-order valence-corrected chi connectivity index (χ1v) is 10.8. The average Bonchev–Trinajstić information content (AvgIpc) is 2.54. The van der Waals surface area contributed by atoms with Crippen LogP contribution in [0.3, 0.4) is 0 Å². The van der Waals surface area contributed by atoms with Crippen molar-refractivity contribution in [2.45, 2.75) is 38.7 Å². The Kier molecular flexibility index (Phi) is 10.3. The fourth-order valence-electron chi connectivity index (χ4n) is 2.63. The second-order valence-electron chi connectivity index (χ2n) is 6.12. The molecule has 1 fully saturated rings. The topological polar surface area (TPSA) is 80.2 Å². The Bertz CT molecular complexity index is 460. The van der Waals surface area contributed by atoms with Crippen molar-refractivity contribution in [1.82, 2.24) is 10.2 Å². The van der Waals surface area contributed by atoms with Crippen LogP contribution in [-0.4, -0.2) is 83.9 Å². The van der Waals surface area contributed by atoms with Gasteiger partial charge < -0.3 is 19.7 Å². The molecule has 0 spiro atoms. The first kappa shape index (κ1) is 21.2. The first-order valence-electron chi connectivity index (χ1n) is 8.77. The number of rotatable bonds is 10. The summed E-state index contributed by atoms with van der Waals surface area (Å²) in [5.74, 6) is 1.07. The highest BCUT2D eigenvalue weighted by molar-refractivity contribution is 7.90. The first-order chi connectivity index (χ1) is 11.5. The molecule has 8 heteroatoms. The molecule has 1 heterocycles. The van der Waals surface area contributed by atoms with Crippen molar-refractivity contribution in [2.75, 3.05) is 58.5 Å². The van der Waals surface area contributed by atoms with Gasteiger partial charge in [0.05, 0.1) is 11.9 Å². The number of nitrogens with zero attached hydrogens (tertiary/aromatic N) is 2. The van der Waals surface area contributed by atoms with Gasteiger partial charge in [-0.05, 0) is 32.6 Å². The Hall–Kier alpha value is -0.860. The smallest absolute Gasteiger partial charge is 0.193 e. The SMILES string of the molecule is CCNC(=NCCCS(C)(=O)=O)N1CCC(OCCCOC)CC1. The van der Waals surface area contributed by atoms with Gasteiger partial charge in [0.2, 0.25) is 0 Å². The van der Waals surface area contributed by atoms with E-state index in [0.717, 1.165) is 58.1 Å². The van der Waals surface area contributed by atoms with Crippen molar-refractivity contribution < 1.29 is 17.9 Å². The Morgan fingerprint density at radius 3 is 2.54 bits per heavy atom. The highest BCUT2D eigenvalue weighted by Crippen LogP contribution is 2.14. The molecule has 1 aliphatic rings. The highest BCUT2D eigenvalue weighted by Gasteiger charge is 2.21. The van der Waals surface area contributed by atoms with Gasteiger partial charge in [0, 0.05) is 52.8 Å². The van der Waals surface area contributed by atoms with Gasteiger partial charge in [0.15, 0.2) is 5.96 Å². The van der Waals surface area contributed by atoms with E-state index in [1.165, 1.54) is 6.26 Å². The van der Waals surface area contributed by atoms with Gasteiger partial charge in [-0.2, -0.15) is 0 Å². The maximum atomic E-state index is 11.2. The number of piperidine rings is 1. The minimum Gasteiger partial charge on any atom is -0.385 e. The lowest BCUT2D eigenvalue weighted by molar-refractivity contribution is 0.00990. The Labute approximate surface area is 146 Å². The summed E-state index contributed by atoms with van der Waals surface area (Å²) in [6.07, 6.45) is 5.04. The lowest BCUT2D eigenvalue weighted by Crippen LogP contribution is -2.47. The van der Waals surface area contributed by atoms with Gasteiger partial charge in [0.1, 0.15) is 9.84 Å². The van der Waals surface area contributed by atoms with Crippen molar-refractivity contribution in [3.8, 4) is 0 Å². The van der Waals surface area contributed by atoms with Gasteiger partial charge in [-0.3, -0.25) is 4.99 Å². The van der Waals surface area contributed by atoms with E-state index in [0.29, 0.717) is 19.1 Å². The fourth-order valence-corrected chi connectivity index (χ4v) is 3.28. The fraction of sp³-hybridized carbons (Fsp3) is 0.938. The lowest BCUT2D eigenvalue weighted by atomic mass is 10.1. The largest absolute Gasteiger partial charge is 0.385 e. The summed E-state index contributed by atoms with van der Waals surface area (Å²) in [5, 5.41) is 3.29. The number of nitrogens with one attached hydrogen (secondary N) is 1. The van der Waals surface area contributed by atoms with Gasteiger partial charge in [0.25, 0.3) is 0 Å². The van der Waals surface area contributed by atoms with Gasteiger partial charge in [-0.15, -0.1) is 0 Å². The number of aliphatic imine (C=N–C) groups is 1. The van der Waals surface area contributed by atoms with Crippen LogP contribution < -0.4 is 5.32 Å². The Balaban J connectivity index is 2.36. The molecule has 1 saturated heterocycles. The molecular weight excluding hydrogens is 330 g/mol. The molecule has 0 unspecified atom stereocenters. The number of hydrogen-bond donors (Lipinski definition) is 1. The number of ether oxygens (including phenoxy) is 2. The van der Waals surface area contributed by atoms with Gasteiger partial charge >= 0.3 is 0 Å². The summed E-state index contributed by atoms with van der Waals surface area (Å²) in [6.45, 7) is 6.68. The summed E-state index contributed by atoms with van der Waals surface area (Å²) >= 11 is 0. The molecule has 142 valence electrons. The monoisotopic (exact) mass is 363 g/mol. The Morgan fingerprint density at radius 1 is 1.25 bits per heavy atom. The van der Waals surface area contributed by atoms with E-state index in [1.54, 1.807) is 7.11 Å².